The summed E-state index contributed by atoms with van der Waals surface area (Å²) >= 11 is 0. The third-order valence-corrected chi connectivity index (χ3v) is 7.09. The number of aromatic amines is 1. The molecule has 4 rings (SSSR count). The number of aryl methyl sites for hydroxylation is 1. The van der Waals surface area contributed by atoms with Crippen molar-refractivity contribution in [2.75, 3.05) is 11.8 Å². The summed E-state index contributed by atoms with van der Waals surface area (Å²) in [5, 5.41) is -0.640. The minimum absolute atomic E-state index is 0.0527. The lowest BCUT2D eigenvalue weighted by atomic mass is 10.1. The van der Waals surface area contributed by atoms with Gasteiger partial charge in [-0.05, 0) is 77.5 Å². The standard InChI is InChI=1S/C26H23FN2O6S/c1-34-26(31)25(18-4-6-20(27)7-5-18)36(32,33)29-21-8-10-22(11-9-21)35-24(30)13-3-17-2-12-23-19(16-17)14-15-28-23/h2,4-12,14-16,25,28-29H,3,13H2,1H3. The van der Waals surface area contributed by atoms with Crippen LogP contribution in [0.2, 0.25) is 0 Å². The molecule has 186 valence electrons. The van der Waals surface area contributed by atoms with Gasteiger partial charge in [0.1, 0.15) is 11.6 Å². The van der Waals surface area contributed by atoms with E-state index in [0.717, 1.165) is 35.7 Å². The Bertz CT molecular complexity index is 1480. The van der Waals surface area contributed by atoms with Gasteiger partial charge in [-0.15, -0.1) is 0 Å². The van der Waals surface area contributed by atoms with Crippen molar-refractivity contribution < 1.29 is 31.9 Å². The predicted molar refractivity (Wildman–Crippen MR) is 132 cm³/mol. The number of ether oxygens (including phenoxy) is 2. The number of hydrogen-bond donors (Lipinski definition) is 2. The lowest BCUT2D eigenvalue weighted by molar-refractivity contribution is -0.140. The molecule has 0 radical (unpaired) electrons. The average Bonchev–Trinajstić information content (AvgIpc) is 3.33. The van der Waals surface area contributed by atoms with Gasteiger partial charge in [0.15, 0.2) is 0 Å². The third-order valence-electron chi connectivity index (χ3n) is 5.48. The topological polar surface area (TPSA) is 115 Å². The van der Waals surface area contributed by atoms with Crippen molar-refractivity contribution in [3.8, 4) is 5.75 Å². The maximum Gasteiger partial charge on any atom is 0.330 e. The largest absolute Gasteiger partial charge is 0.468 e. The molecule has 2 N–H and O–H groups in total. The molecule has 4 aromatic rings. The van der Waals surface area contributed by atoms with Gasteiger partial charge in [0, 0.05) is 23.8 Å². The van der Waals surface area contributed by atoms with E-state index in [1.807, 2.05) is 30.5 Å². The Morgan fingerprint density at radius 2 is 1.72 bits per heavy atom. The summed E-state index contributed by atoms with van der Waals surface area (Å²) in [5.41, 5.74) is 2.22. The van der Waals surface area contributed by atoms with Crippen LogP contribution in [0.15, 0.2) is 79.0 Å². The number of esters is 2. The summed E-state index contributed by atoms with van der Waals surface area (Å²) < 4.78 is 51.5. The highest BCUT2D eigenvalue weighted by molar-refractivity contribution is 7.93. The number of fused-ring (bicyclic) bond motifs is 1. The van der Waals surface area contributed by atoms with Gasteiger partial charge in [-0.3, -0.25) is 14.3 Å². The molecule has 0 spiro atoms. The van der Waals surface area contributed by atoms with Gasteiger partial charge < -0.3 is 14.5 Å². The van der Waals surface area contributed by atoms with Crippen LogP contribution >= 0.6 is 0 Å². The molecule has 8 nitrogen and oxygen atoms in total. The van der Waals surface area contributed by atoms with Crippen LogP contribution in [0.1, 0.15) is 22.8 Å². The molecule has 0 aliphatic carbocycles. The minimum atomic E-state index is -4.30. The summed E-state index contributed by atoms with van der Waals surface area (Å²) in [4.78, 5) is 27.6. The summed E-state index contributed by atoms with van der Waals surface area (Å²) in [6, 6.07) is 18.1. The summed E-state index contributed by atoms with van der Waals surface area (Å²) in [7, 11) is -3.23. The minimum Gasteiger partial charge on any atom is -0.468 e. The second-order valence-corrected chi connectivity index (χ2v) is 9.77. The number of H-pyrrole nitrogens is 1. The van der Waals surface area contributed by atoms with Crippen LogP contribution < -0.4 is 9.46 Å². The molecule has 0 saturated heterocycles. The first-order chi connectivity index (χ1) is 17.2. The molecule has 0 fully saturated rings. The molecule has 1 unspecified atom stereocenters. The maximum absolute atomic E-state index is 13.3. The number of rotatable bonds is 9. The van der Waals surface area contributed by atoms with Crippen LogP contribution in [0.3, 0.4) is 0 Å². The fraction of sp³-hybridized carbons (Fsp3) is 0.154. The number of halogens is 1. The fourth-order valence-corrected chi connectivity index (χ4v) is 5.14. The molecule has 0 bridgehead atoms. The number of anilines is 1. The van der Waals surface area contributed by atoms with Gasteiger partial charge in [0.2, 0.25) is 5.25 Å². The zero-order valence-electron chi connectivity index (χ0n) is 19.2. The number of hydrogen-bond acceptors (Lipinski definition) is 6. The Kier molecular flexibility index (Phi) is 7.35. The van der Waals surface area contributed by atoms with E-state index in [1.54, 1.807) is 0 Å². The van der Waals surface area contributed by atoms with Gasteiger partial charge in [-0.1, -0.05) is 18.2 Å². The Morgan fingerprint density at radius 3 is 2.42 bits per heavy atom. The number of carbonyl (C=O) groups is 2. The molecule has 0 aliphatic rings. The quantitative estimate of drug-likeness (QED) is 0.253. The van der Waals surface area contributed by atoms with E-state index < -0.39 is 33.0 Å². The van der Waals surface area contributed by atoms with Crippen molar-refractivity contribution in [3.05, 3.63) is 95.9 Å². The first kappa shape index (κ1) is 24.9. The molecular weight excluding hydrogens is 487 g/mol. The SMILES string of the molecule is COC(=O)C(c1ccc(F)cc1)S(=O)(=O)Nc1ccc(OC(=O)CCc2ccc3[nH]ccc3c2)cc1. The summed E-state index contributed by atoms with van der Waals surface area (Å²) in [5.74, 6) is -1.78. The lowest BCUT2D eigenvalue weighted by Gasteiger charge is -2.17. The molecule has 0 saturated carbocycles. The van der Waals surface area contributed by atoms with E-state index in [0.29, 0.717) is 6.42 Å². The molecular formula is C26H23FN2O6S. The van der Waals surface area contributed by atoms with E-state index in [4.69, 9.17) is 4.74 Å². The zero-order valence-corrected chi connectivity index (χ0v) is 20.0. The second kappa shape index (κ2) is 10.6. The van der Waals surface area contributed by atoms with Crippen molar-refractivity contribution >= 4 is 38.6 Å². The van der Waals surface area contributed by atoms with Crippen LogP contribution in [0.25, 0.3) is 10.9 Å². The maximum atomic E-state index is 13.3. The van der Waals surface area contributed by atoms with Crippen molar-refractivity contribution in [2.24, 2.45) is 0 Å². The van der Waals surface area contributed by atoms with Crippen LogP contribution in [-0.4, -0.2) is 32.5 Å². The molecule has 0 amide bonds. The van der Waals surface area contributed by atoms with E-state index >= 15 is 0 Å². The molecule has 3 aromatic carbocycles. The van der Waals surface area contributed by atoms with Crippen molar-refractivity contribution in [1.29, 1.82) is 0 Å². The normalized spacial score (nSPS) is 12.2. The first-order valence-electron chi connectivity index (χ1n) is 11.0. The van der Waals surface area contributed by atoms with Crippen LogP contribution in [-0.2, 0) is 30.8 Å². The smallest absolute Gasteiger partial charge is 0.330 e. The predicted octanol–water partition coefficient (Wildman–Crippen LogP) is 4.50. The fourth-order valence-electron chi connectivity index (χ4n) is 3.69. The number of benzene rings is 3. The monoisotopic (exact) mass is 510 g/mol. The van der Waals surface area contributed by atoms with Crippen LogP contribution in [0, 0.1) is 5.82 Å². The number of sulfonamides is 1. The highest BCUT2D eigenvalue weighted by Crippen LogP contribution is 2.27. The Labute approximate surface area is 207 Å². The Morgan fingerprint density at radius 1 is 1.00 bits per heavy atom. The summed E-state index contributed by atoms with van der Waals surface area (Å²) in [6.45, 7) is 0. The van der Waals surface area contributed by atoms with E-state index in [9.17, 15) is 22.4 Å². The Hall–Kier alpha value is -4.18. The van der Waals surface area contributed by atoms with Gasteiger partial charge in [-0.2, -0.15) is 0 Å². The number of nitrogens with one attached hydrogen (secondary N) is 2. The highest BCUT2D eigenvalue weighted by Gasteiger charge is 2.35. The number of carbonyl (C=O) groups excluding carboxylic acids is 2. The molecule has 1 aromatic heterocycles. The lowest BCUT2D eigenvalue weighted by Crippen LogP contribution is -2.28. The van der Waals surface area contributed by atoms with Crippen molar-refractivity contribution in [2.45, 2.75) is 18.1 Å². The second-order valence-electron chi connectivity index (χ2n) is 8.00. The van der Waals surface area contributed by atoms with E-state index in [-0.39, 0.29) is 23.4 Å². The van der Waals surface area contributed by atoms with Gasteiger partial charge in [0.25, 0.3) is 10.0 Å². The molecule has 1 atom stereocenters. The summed E-state index contributed by atoms with van der Waals surface area (Å²) in [6.07, 6.45) is 2.53. The Balaban J connectivity index is 1.38. The zero-order chi connectivity index (χ0) is 25.7. The van der Waals surface area contributed by atoms with Gasteiger partial charge >= 0.3 is 11.9 Å². The third kappa shape index (κ3) is 5.89. The van der Waals surface area contributed by atoms with Crippen LogP contribution in [0.5, 0.6) is 5.75 Å². The highest BCUT2D eigenvalue weighted by atomic mass is 32.2. The number of aromatic nitrogens is 1. The average molecular weight is 511 g/mol. The van der Waals surface area contributed by atoms with Gasteiger partial charge in [0.05, 0.1) is 7.11 Å². The van der Waals surface area contributed by atoms with Crippen molar-refractivity contribution in [1.82, 2.24) is 4.98 Å². The molecule has 1 heterocycles. The first-order valence-corrected chi connectivity index (χ1v) is 12.5. The van der Waals surface area contributed by atoms with Gasteiger partial charge in [-0.25, -0.2) is 12.8 Å². The number of methoxy groups -OCH3 is 1. The molecule has 0 aliphatic heterocycles. The van der Waals surface area contributed by atoms with E-state index in [2.05, 4.69) is 14.4 Å². The van der Waals surface area contributed by atoms with Crippen LogP contribution in [0.4, 0.5) is 10.1 Å². The molecule has 10 heteroatoms. The molecule has 36 heavy (non-hydrogen) atoms. The van der Waals surface area contributed by atoms with E-state index in [1.165, 1.54) is 36.4 Å². The van der Waals surface area contributed by atoms with Crippen molar-refractivity contribution in [3.63, 3.8) is 0 Å².